The second-order valence-corrected chi connectivity index (χ2v) is 11.7. The Kier molecular flexibility index (Phi) is 7.81. The number of hydrogen-bond donors (Lipinski definition) is 1. The van der Waals surface area contributed by atoms with Gasteiger partial charge in [-0.25, -0.2) is 8.42 Å². The van der Waals surface area contributed by atoms with Crippen LogP contribution in [0.2, 0.25) is 0 Å². The molecule has 0 saturated heterocycles. The fraction of sp³-hybridized carbons (Fsp3) is 0.267. The Bertz CT molecular complexity index is 1660. The molecule has 0 spiro atoms. The summed E-state index contributed by atoms with van der Waals surface area (Å²) in [5.41, 5.74) is 4.24. The molecule has 0 amide bonds. The van der Waals surface area contributed by atoms with Gasteiger partial charge in [0.05, 0.1) is 34.1 Å². The van der Waals surface area contributed by atoms with E-state index in [1.165, 1.54) is 0 Å². The number of nitrogens with zero attached hydrogens (tertiary/aromatic N) is 4. The first-order chi connectivity index (χ1) is 18.8. The molecular weight excluding hydrogens is 510 g/mol. The summed E-state index contributed by atoms with van der Waals surface area (Å²) in [5, 5.41) is 12.5. The van der Waals surface area contributed by atoms with Gasteiger partial charge in [-0.15, -0.1) is 0 Å². The summed E-state index contributed by atoms with van der Waals surface area (Å²) < 4.78 is 35.0. The number of ether oxygens (including phenoxy) is 1. The van der Waals surface area contributed by atoms with E-state index in [0.717, 1.165) is 35.6 Å². The number of aryl methyl sites for hydroxylation is 1. The van der Waals surface area contributed by atoms with E-state index in [9.17, 15) is 8.42 Å². The molecule has 202 valence electrons. The number of benzene rings is 2. The number of hydrogen-bond acceptors (Lipinski definition) is 6. The van der Waals surface area contributed by atoms with E-state index >= 15 is 0 Å². The van der Waals surface area contributed by atoms with Crippen LogP contribution in [0.4, 0.5) is 0 Å². The lowest BCUT2D eigenvalue weighted by molar-refractivity contribution is 0.307. The number of fused-ring (bicyclic) bond motifs is 1. The minimum Gasteiger partial charge on any atom is -0.494 e. The van der Waals surface area contributed by atoms with E-state index in [0.29, 0.717) is 29.3 Å². The normalized spacial score (nSPS) is 11.9. The third kappa shape index (κ3) is 5.74. The number of pyridine rings is 1. The highest BCUT2D eigenvalue weighted by Crippen LogP contribution is 2.34. The van der Waals surface area contributed by atoms with Crippen molar-refractivity contribution in [1.29, 1.82) is 0 Å². The predicted molar refractivity (Wildman–Crippen MR) is 151 cm³/mol. The van der Waals surface area contributed by atoms with Gasteiger partial charge in [-0.2, -0.15) is 15.0 Å². The van der Waals surface area contributed by atoms with Crippen LogP contribution >= 0.6 is 0 Å². The van der Waals surface area contributed by atoms with Crippen molar-refractivity contribution in [2.45, 2.75) is 49.4 Å². The van der Waals surface area contributed by atoms with Crippen molar-refractivity contribution in [2.75, 3.05) is 13.2 Å². The van der Waals surface area contributed by atoms with Gasteiger partial charge in [0.1, 0.15) is 10.6 Å². The van der Waals surface area contributed by atoms with Crippen molar-refractivity contribution in [3.63, 3.8) is 0 Å². The second-order valence-electron chi connectivity index (χ2n) is 9.77. The van der Waals surface area contributed by atoms with Crippen LogP contribution in [0.5, 0.6) is 5.75 Å². The zero-order valence-electron chi connectivity index (χ0n) is 22.4. The lowest BCUT2D eigenvalue weighted by Gasteiger charge is -2.11. The summed E-state index contributed by atoms with van der Waals surface area (Å²) in [5.74, 6) is 0.715. The first kappa shape index (κ1) is 26.6. The number of para-hydroxylation sites is 1. The van der Waals surface area contributed by atoms with Crippen molar-refractivity contribution in [3.8, 4) is 11.4 Å². The lowest BCUT2D eigenvalue weighted by atomic mass is 10.1. The van der Waals surface area contributed by atoms with E-state index < -0.39 is 9.84 Å². The van der Waals surface area contributed by atoms with E-state index in [1.54, 1.807) is 29.1 Å². The highest BCUT2D eigenvalue weighted by atomic mass is 32.2. The van der Waals surface area contributed by atoms with E-state index in [2.05, 4.69) is 15.5 Å². The molecule has 0 radical (unpaired) electrons. The molecule has 1 N–H and O–H groups in total. The summed E-state index contributed by atoms with van der Waals surface area (Å²) in [6.45, 7) is 7.86. The average Bonchev–Trinajstić information content (AvgIpc) is 3.53. The van der Waals surface area contributed by atoms with Gasteiger partial charge in [0.15, 0.2) is 0 Å². The van der Waals surface area contributed by atoms with E-state index in [1.807, 2.05) is 86.1 Å². The molecule has 0 fully saturated rings. The maximum atomic E-state index is 13.6. The summed E-state index contributed by atoms with van der Waals surface area (Å²) in [6, 6.07) is 22.1. The molecule has 0 aliphatic rings. The molecular formula is C30H33N5O3S. The third-order valence-electron chi connectivity index (χ3n) is 6.61. The first-order valence-corrected chi connectivity index (χ1v) is 14.6. The third-order valence-corrected chi connectivity index (χ3v) is 8.49. The molecule has 0 unspecified atom stereocenters. The Morgan fingerprint density at radius 3 is 2.44 bits per heavy atom. The van der Waals surface area contributed by atoms with Crippen molar-refractivity contribution in [3.05, 3.63) is 102 Å². The Hall–Kier alpha value is -3.95. The van der Waals surface area contributed by atoms with Crippen LogP contribution in [0.15, 0.2) is 95.0 Å². The molecule has 3 heterocycles. The summed E-state index contributed by atoms with van der Waals surface area (Å²) in [6.07, 6.45) is 4.58. The van der Waals surface area contributed by atoms with Crippen molar-refractivity contribution in [1.82, 2.24) is 24.7 Å². The minimum absolute atomic E-state index is 0.0747. The molecule has 0 atom stereocenters. The Labute approximate surface area is 229 Å². The van der Waals surface area contributed by atoms with Crippen molar-refractivity contribution < 1.29 is 13.2 Å². The largest absolute Gasteiger partial charge is 0.494 e. The number of sulfone groups is 1. The topological polar surface area (TPSA) is 90.5 Å². The van der Waals surface area contributed by atoms with Gasteiger partial charge < -0.3 is 14.5 Å². The standard InChI is InChI=1S/C30H33N5O3S/c1-22(2)27-21-34-18-8-7-12-29(34)30(27)39(36,37)26-15-13-25(14-16-26)38-19-9-17-31-20-28-23(3)32-35(33-28)24-10-5-4-6-11-24/h4-8,10-16,18,21-22,31H,9,17,19-20H2,1-3H3. The maximum Gasteiger partial charge on any atom is 0.209 e. The average molecular weight is 544 g/mol. The van der Waals surface area contributed by atoms with Gasteiger partial charge in [0.2, 0.25) is 9.84 Å². The zero-order valence-corrected chi connectivity index (χ0v) is 23.2. The molecule has 0 aliphatic heterocycles. The molecule has 39 heavy (non-hydrogen) atoms. The predicted octanol–water partition coefficient (Wildman–Crippen LogP) is 5.34. The summed E-state index contributed by atoms with van der Waals surface area (Å²) >= 11 is 0. The van der Waals surface area contributed by atoms with Gasteiger partial charge in [0.25, 0.3) is 0 Å². The summed E-state index contributed by atoms with van der Waals surface area (Å²) in [7, 11) is -3.69. The molecule has 5 rings (SSSR count). The SMILES string of the molecule is Cc1nn(-c2ccccc2)nc1CNCCCOc1ccc(S(=O)(=O)c2c(C(C)C)cn3ccccc23)cc1. The highest BCUT2D eigenvalue weighted by molar-refractivity contribution is 7.91. The molecule has 2 aromatic carbocycles. The van der Waals surface area contributed by atoms with Gasteiger partial charge in [0, 0.05) is 18.9 Å². The van der Waals surface area contributed by atoms with Crippen molar-refractivity contribution in [2.24, 2.45) is 0 Å². The van der Waals surface area contributed by atoms with Crippen LogP contribution < -0.4 is 10.1 Å². The van der Waals surface area contributed by atoms with Crippen LogP contribution in [0, 0.1) is 6.92 Å². The van der Waals surface area contributed by atoms with Gasteiger partial charge in [-0.1, -0.05) is 38.1 Å². The molecule has 8 nitrogen and oxygen atoms in total. The molecule has 0 aliphatic carbocycles. The quantitative estimate of drug-likeness (QED) is 0.226. The maximum absolute atomic E-state index is 13.6. The second kappa shape index (κ2) is 11.4. The molecule has 5 aromatic rings. The fourth-order valence-corrected chi connectivity index (χ4v) is 6.27. The number of aromatic nitrogens is 4. The Morgan fingerprint density at radius 2 is 1.69 bits per heavy atom. The van der Waals surface area contributed by atoms with Gasteiger partial charge >= 0.3 is 0 Å². The number of rotatable bonds is 11. The molecule has 9 heteroatoms. The first-order valence-electron chi connectivity index (χ1n) is 13.1. The van der Waals surface area contributed by atoms with Gasteiger partial charge in [-0.05, 0) is 79.9 Å². The Morgan fingerprint density at radius 1 is 0.949 bits per heavy atom. The van der Waals surface area contributed by atoms with E-state index in [4.69, 9.17) is 4.74 Å². The number of nitrogens with one attached hydrogen (secondary N) is 1. The van der Waals surface area contributed by atoms with Crippen molar-refractivity contribution >= 4 is 15.4 Å². The zero-order chi connectivity index (χ0) is 27.4. The van der Waals surface area contributed by atoms with Crippen LogP contribution in [0.25, 0.3) is 11.2 Å². The Balaban J connectivity index is 1.15. The summed E-state index contributed by atoms with van der Waals surface area (Å²) in [4.78, 5) is 2.29. The van der Waals surface area contributed by atoms with Crippen LogP contribution in [0.1, 0.15) is 43.1 Å². The molecule has 0 bridgehead atoms. The van der Waals surface area contributed by atoms with Crippen LogP contribution in [-0.2, 0) is 16.4 Å². The minimum atomic E-state index is -3.69. The van der Waals surface area contributed by atoms with Crippen LogP contribution in [-0.4, -0.2) is 41.0 Å². The monoisotopic (exact) mass is 543 g/mol. The smallest absolute Gasteiger partial charge is 0.209 e. The molecule has 0 saturated carbocycles. The fourth-order valence-electron chi connectivity index (χ4n) is 4.50. The highest BCUT2D eigenvalue weighted by Gasteiger charge is 2.27. The molecule has 3 aromatic heterocycles. The van der Waals surface area contributed by atoms with Gasteiger partial charge in [-0.3, -0.25) is 0 Å². The van der Waals surface area contributed by atoms with Crippen LogP contribution in [0.3, 0.4) is 0 Å². The lowest BCUT2D eigenvalue weighted by Crippen LogP contribution is -2.18. The van der Waals surface area contributed by atoms with E-state index in [-0.39, 0.29) is 10.8 Å².